The molecule has 90 valence electrons. The Bertz CT molecular complexity index is 370. The molecule has 1 heterocycles. The molecular formula is C10H15BrN2O3. The number of carbonyl (C=O) groups excluding carboxylic acids is 1. The Hall–Kier alpha value is -0.880. The van der Waals surface area contributed by atoms with E-state index in [1.807, 2.05) is 0 Å². The number of ether oxygens (including phenoxy) is 1. The zero-order chi connectivity index (χ0) is 12.3. The van der Waals surface area contributed by atoms with Gasteiger partial charge in [-0.2, -0.15) is 0 Å². The molecule has 5 nitrogen and oxygen atoms in total. The smallest absolute Gasteiger partial charge is 0.323 e. The molecule has 1 rings (SSSR count). The molecule has 0 unspecified atom stereocenters. The minimum atomic E-state index is -0.759. The van der Waals surface area contributed by atoms with Crippen LogP contribution in [0.2, 0.25) is 0 Å². The number of rotatable bonds is 3. The summed E-state index contributed by atoms with van der Waals surface area (Å²) in [4.78, 5) is 15.5. The van der Waals surface area contributed by atoms with Gasteiger partial charge in [-0.05, 0) is 36.7 Å². The summed E-state index contributed by atoms with van der Waals surface area (Å²) in [5, 5.41) is 0. The average molecular weight is 291 g/mol. The number of halogens is 1. The highest BCUT2D eigenvalue weighted by Crippen LogP contribution is 2.13. The molecule has 16 heavy (non-hydrogen) atoms. The maximum absolute atomic E-state index is 11.5. The van der Waals surface area contributed by atoms with Crippen molar-refractivity contribution in [3.8, 4) is 0 Å². The standard InChI is InChI=1S/C10H15BrN2O3/c1-10(2,3)16-9(14)6(12)4-8-13-5-7(11)15-8/h5-6H,4,12H2,1-3H3/t6-/m0/s1. The summed E-state index contributed by atoms with van der Waals surface area (Å²) >= 11 is 3.12. The quantitative estimate of drug-likeness (QED) is 0.857. The zero-order valence-corrected chi connectivity index (χ0v) is 11.1. The van der Waals surface area contributed by atoms with Gasteiger partial charge in [0.05, 0.1) is 12.6 Å². The van der Waals surface area contributed by atoms with E-state index in [1.54, 1.807) is 20.8 Å². The molecular weight excluding hydrogens is 276 g/mol. The Kier molecular flexibility index (Phi) is 4.09. The molecule has 6 heteroatoms. The highest BCUT2D eigenvalue weighted by atomic mass is 79.9. The lowest BCUT2D eigenvalue weighted by Gasteiger charge is -2.21. The molecule has 0 spiro atoms. The predicted molar refractivity (Wildman–Crippen MR) is 61.7 cm³/mol. The normalized spacial score (nSPS) is 13.6. The highest BCUT2D eigenvalue weighted by Gasteiger charge is 2.23. The van der Waals surface area contributed by atoms with Gasteiger partial charge in [0.2, 0.25) is 0 Å². The van der Waals surface area contributed by atoms with Crippen LogP contribution in [0.5, 0.6) is 0 Å². The Morgan fingerprint density at radius 1 is 1.69 bits per heavy atom. The Labute approximate surface area is 102 Å². The van der Waals surface area contributed by atoms with Gasteiger partial charge in [0.25, 0.3) is 0 Å². The lowest BCUT2D eigenvalue weighted by molar-refractivity contribution is -0.156. The van der Waals surface area contributed by atoms with E-state index in [0.29, 0.717) is 10.6 Å². The van der Waals surface area contributed by atoms with Crippen LogP contribution in [0, 0.1) is 0 Å². The maximum Gasteiger partial charge on any atom is 0.323 e. The van der Waals surface area contributed by atoms with Crippen LogP contribution in [0.1, 0.15) is 26.7 Å². The Balaban J connectivity index is 2.52. The lowest BCUT2D eigenvalue weighted by atomic mass is 10.1. The van der Waals surface area contributed by atoms with Gasteiger partial charge in [-0.25, -0.2) is 4.98 Å². The van der Waals surface area contributed by atoms with Crippen molar-refractivity contribution >= 4 is 21.9 Å². The number of aromatic nitrogens is 1. The summed E-state index contributed by atoms with van der Waals surface area (Å²) in [7, 11) is 0. The highest BCUT2D eigenvalue weighted by molar-refractivity contribution is 9.10. The number of hydrogen-bond acceptors (Lipinski definition) is 5. The van der Waals surface area contributed by atoms with E-state index in [-0.39, 0.29) is 6.42 Å². The van der Waals surface area contributed by atoms with Gasteiger partial charge in [-0.15, -0.1) is 0 Å². The molecule has 0 saturated heterocycles. The van der Waals surface area contributed by atoms with Crippen molar-refractivity contribution in [1.29, 1.82) is 0 Å². The largest absolute Gasteiger partial charge is 0.459 e. The van der Waals surface area contributed by atoms with Crippen molar-refractivity contribution in [3.63, 3.8) is 0 Å². The van der Waals surface area contributed by atoms with Crippen LogP contribution < -0.4 is 5.73 Å². The molecule has 0 bridgehead atoms. The third kappa shape index (κ3) is 4.32. The van der Waals surface area contributed by atoms with Crippen molar-refractivity contribution in [2.45, 2.75) is 38.8 Å². The van der Waals surface area contributed by atoms with Gasteiger partial charge in [0.1, 0.15) is 11.6 Å². The molecule has 0 aliphatic rings. The van der Waals surface area contributed by atoms with Crippen molar-refractivity contribution in [2.24, 2.45) is 5.73 Å². The van der Waals surface area contributed by atoms with E-state index in [2.05, 4.69) is 20.9 Å². The number of esters is 1. The summed E-state index contributed by atoms with van der Waals surface area (Å²) in [5.74, 6) is -0.0490. The molecule has 0 saturated carbocycles. The summed E-state index contributed by atoms with van der Waals surface area (Å²) in [6.07, 6.45) is 1.73. The molecule has 2 N–H and O–H groups in total. The van der Waals surface area contributed by atoms with E-state index in [4.69, 9.17) is 14.9 Å². The first-order valence-electron chi connectivity index (χ1n) is 4.86. The van der Waals surface area contributed by atoms with Gasteiger partial charge in [0.15, 0.2) is 10.6 Å². The second-order valence-corrected chi connectivity index (χ2v) is 5.18. The third-order valence-electron chi connectivity index (χ3n) is 1.63. The molecule has 1 aromatic rings. The number of nitrogens with two attached hydrogens (primary N) is 1. The third-order valence-corrected chi connectivity index (χ3v) is 2.00. The predicted octanol–water partition coefficient (Wildman–Crippen LogP) is 1.65. The molecule has 1 atom stereocenters. The molecule has 1 aromatic heterocycles. The molecule has 0 fully saturated rings. The van der Waals surface area contributed by atoms with E-state index >= 15 is 0 Å². The second kappa shape index (κ2) is 4.97. The van der Waals surface area contributed by atoms with E-state index in [1.165, 1.54) is 6.20 Å². The molecule has 0 radical (unpaired) electrons. The zero-order valence-electron chi connectivity index (χ0n) is 9.49. The van der Waals surface area contributed by atoms with Gasteiger partial charge >= 0.3 is 5.97 Å². The van der Waals surface area contributed by atoms with E-state index < -0.39 is 17.6 Å². The summed E-state index contributed by atoms with van der Waals surface area (Å²) in [6.45, 7) is 5.37. The fourth-order valence-corrected chi connectivity index (χ4v) is 1.32. The van der Waals surface area contributed by atoms with Crippen molar-refractivity contribution < 1.29 is 13.9 Å². The summed E-state index contributed by atoms with van der Waals surface area (Å²) in [6, 6.07) is -0.759. The maximum atomic E-state index is 11.5. The van der Waals surface area contributed by atoms with Crippen LogP contribution in [0.4, 0.5) is 0 Å². The SMILES string of the molecule is CC(C)(C)OC(=O)[C@@H](N)Cc1ncc(Br)o1. The summed E-state index contributed by atoms with van der Waals surface area (Å²) in [5.41, 5.74) is 5.14. The first kappa shape index (κ1) is 13.2. The summed E-state index contributed by atoms with van der Waals surface area (Å²) < 4.78 is 10.8. The minimum absolute atomic E-state index is 0.223. The Morgan fingerprint density at radius 2 is 2.31 bits per heavy atom. The first-order valence-corrected chi connectivity index (χ1v) is 5.66. The van der Waals surface area contributed by atoms with Crippen LogP contribution in [-0.2, 0) is 16.0 Å². The molecule has 0 aliphatic carbocycles. The average Bonchev–Trinajstić information content (AvgIpc) is 2.48. The van der Waals surface area contributed by atoms with Gasteiger partial charge in [0, 0.05) is 0 Å². The van der Waals surface area contributed by atoms with Crippen molar-refractivity contribution in [3.05, 3.63) is 16.8 Å². The Morgan fingerprint density at radius 3 is 2.75 bits per heavy atom. The van der Waals surface area contributed by atoms with Crippen LogP contribution in [0.3, 0.4) is 0 Å². The molecule has 0 amide bonds. The topological polar surface area (TPSA) is 78.4 Å². The van der Waals surface area contributed by atoms with Crippen LogP contribution in [0.25, 0.3) is 0 Å². The minimum Gasteiger partial charge on any atom is -0.459 e. The number of nitrogens with zero attached hydrogens (tertiary/aromatic N) is 1. The second-order valence-electron chi connectivity index (χ2n) is 4.40. The number of carbonyl (C=O) groups is 1. The van der Waals surface area contributed by atoms with E-state index in [9.17, 15) is 4.79 Å². The van der Waals surface area contributed by atoms with Gasteiger partial charge < -0.3 is 14.9 Å². The fourth-order valence-electron chi connectivity index (χ4n) is 1.03. The van der Waals surface area contributed by atoms with Crippen LogP contribution in [-0.4, -0.2) is 22.6 Å². The molecule has 0 aliphatic heterocycles. The van der Waals surface area contributed by atoms with Crippen molar-refractivity contribution in [1.82, 2.24) is 4.98 Å². The number of hydrogen-bond donors (Lipinski definition) is 1. The van der Waals surface area contributed by atoms with Crippen LogP contribution >= 0.6 is 15.9 Å². The molecule has 0 aromatic carbocycles. The number of oxazole rings is 1. The first-order chi connectivity index (χ1) is 7.28. The van der Waals surface area contributed by atoms with Crippen LogP contribution in [0.15, 0.2) is 15.3 Å². The fraction of sp³-hybridized carbons (Fsp3) is 0.600. The van der Waals surface area contributed by atoms with Crippen molar-refractivity contribution in [2.75, 3.05) is 0 Å². The monoisotopic (exact) mass is 290 g/mol. The lowest BCUT2D eigenvalue weighted by Crippen LogP contribution is -2.38. The van der Waals surface area contributed by atoms with Gasteiger partial charge in [-0.1, -0.05) is 0 Å². The van der Waals surface area contributed by atoms with E-state index in [0.717, 1.165) is 0 Å². The van der Waals surface area contributed by atoms with Gasteiger partial charge in [-0.3, -0.25) is 4.79 Å².